The molecule has 8 bridgehead atoms. The minimum absolute atomic E-state index is 0.214. The zero-order valence-electron chi connectivity index (χ0n) is 39.5. The molecule has 0 N–H and O–H groups in total. The van der Waals surface area contributed by atoms with Gasteiger partial charge in [0.15, 0.2) is 17.5 Å². The lowest BCUT2D eigenvalue weighted by atomic mass is 9.47. The van der Waals surface area contributed by atoms with Gasteiger partial charge < -0.3 is 8.83 Å². The van der Waals surface area contributed by atoms with Crippen molar-refractivity contribution in [1.82, 2.24) is 15.0 Å². The summed E-state index contributed by atoms with van der Waals surface area (Å²) in [6.07, 6.45) is 16.6. The van der Waals surface area contributed by atoms with Crippen LogP contribution in [0.3, 0.4) is 0 Å². The van der Waals surface area contributed by atoms with Crippen molar-refractivity contribution in [3.05, 3.63) is 163 Å². The van der Waals surface area contributed by atoms with Gasteiger partial charge >= 0.3 is 0 Å². The fraction of sp³-hybridized carbons (Fsp3) is 0.308. The van der Waals surface area contributed by atoms with E-state index in [1.54, 1.807) is 5.56 Å². The van der Waals surface area contributed by atoms with Crippen molar-refractivity contribution < 1.29 is 8.83 Å². The summed E-state index contributed by atoms with van der Waals surface area (Å²) in [5, 5.41) is 4.26. The van der Waals surface area contributed by atoms with E-state index in [9.17, 15) is 0 Å². The average Bonchev–Trinajstić information content (AvgIpc) is 3.97. The Hall–Kier alpha value is -6.85. The zero-order chi connectivity index (χ0) is 45.7. The molecular weight excluding hydrogens is 855 g/mol. The summed E-state index contributed by atoms with van der Waals surface area (Å²) in [5.41, 5.74) is 14.4. The summed E-state index contributed by atoms with van der Waals surface area (Å²) in [7, 11) is 0. The van der Waals surface area contributed by atoms with Gasteiger partial charge in [0.25, 0.3) is 0 Å². The van der Waals surface area contributed by atoms with Crippen LogP contribution in [0.5, 0.6) is 0 Å². The Morgan fingerprint density at radius 2 is 0.843 bits per heavy atom. The van der Waals surface area contributed by atoms with E-state index < -0.39 is 0 Å². The highest BCUT2D eigenvalue weighted by molar-refractivity contribution is 6.11. The molecule has 3 aromatic heterocycles. The van der Waals surface area contributed by atoms with Crippen molar-refractivity contribution >= 4 is 43.9 Å². The molecule has 7 aromatic carbocycles. The van der Waals surface area contributed by atoms with E-state index in [0.29, 0.717) is 22.9 Å². The highest BCUT2D eigenvalue weighted by atomic mass is 16.3. The molecule has 3 heterocycles. The molecule has 342 valence electrons. The van der Waals surface area contributed by atoms with Gasteiger partial charge in [-0.3, -0.25) is 0 Å². The number of hydrogen-bond donors (Lipinski definition) is 0. The molecule has 0 radical (unpaired) electrons. The predicted molar refractivity (Wildman–Crippen MR) is 281 cm³/mol. The Morgan fingerprint density at radius 1 is 0.343 bits per heavy atom. The number of furan rings is 2. The standard InChI is InChI=1S/C65H55N3O2/c1-2-9-45(10-3-1)53-29-46(19-22-56(53)65-35-41-26-42(36-65)28-43(27-41)37-65)61-66-62(52-14-8-13-51-49-11-4-6-15-57(49)69-59(51)52)68-63(67-61)55-31-47(30-54-50-12-5-7-16-58(50)70-60(54)55)44-17-20-48(21-18-44)64-32-38-23-39(33-64)25-40(24-38)34-64/h1-22,29-31,38-43H,23-28,32-37H2. The molecule has 0 amide bonds. The van der Waals surface area contributed by atoms with Gasteiger partial charge in [-0.05, 0) is 193 Å². The maximum atomic E-state index is 6.88. The highest BCUT2D eigenvalue weighted by Gasteiger charge is 2.53. The molecule has 0 aliphatic heterocycles. The first-order valence-corrected chi connectivity index (χ1v) is 26.4. The summed E-state index contributed by atoms with van der Waals surface area (Å²) in [4.78, 5) is 16.5. The van der Waals surface area contributed by atoms with Crippen molar-refractivity contribution in [2.45, 2.75) is 87.9 Å². The molecule has 0 atom stereocenters. The van der Waals surface area contributed by atoms with Crippen LogP contribution in [0.2, 0.25) is 0 Å². The Labute approximate surface area is 408 Å². The lowest BCUT2D eigenvalue weighted by Gasteiger charge is -2.57. The van der Waals surface area contributed by atoms with Crippen molar-refractivity contribution in [3.63, 3.8) is 0 Å². The van der Waals surface area contributed by atoms with Crippen LogP contribution in [0.4, 0.5) is 0 Å². The third-order valence-corrected chi connectivity index (χ3v) is 18.8. The number of aromatic nitrogens is 3. The van der Waals surface area contributed by atoms with Crippen molar-refractivity contribution in [3.8, 4) is 56.4 Å². The van der Waals surface area contributed by atoms with Gasteiger partial charge in [-0.2, -0.15) is 0 Å². The van der Waals surface area contributed by atoms with Crippen molar-refractivity contribution in [2.24, 2.45) is 35.5 Å². The molecule has 5 nitrogen and oxygen atoms in total. The molecule has 8 aliphatic carbocycles. The average molecular weight is 910 g/mol. The van der Waals surface area contributed by atoms with Crippen LogP contribution < -0.4 is 0 Å². The predicted octanol–water partition coefficient (Wildman–Crippen LogP) is 16.9. The Kier molecular flexibility index (Phi) is 8.47. The van der Waals surface area contributed by atoms with Gasteiger partial charge in [0.05, 0.1) is 11.1 Å². The molecule has 8 fully saturated rings. The van der Waals surface area contributed by atoms with E-state index in [-0.39, 0.29) is 5.41 Å². The first-order valence-electron chi connectivity index (χ1n) is 26.4. The molecule has 8 saturated carbocycles. The third kappa shape index (κ3) is 6.12. The van der Waals surface area contributed by atoms with Gasteiger partial charge in [0.2, 0.25) is 0 Å². The minimum atomic E-state index is 0.214. The number of nitrogens with zero attached hydrogens (tertiary/aromatic N) is 3. The summed E-state index contributed by atoms with van der Waals surface area (Å²) >= 11 is 0. The van der Waals surface area contributed by atoms with E-state index in [4.69, 9.17) is 23.8 Å². The van der Waals surface area contributed by atoms with Crippen LogP contribution in [0.25, 0.3) is 100 Å². The fourth-order valence-corrected chi connectivity index (χ4v) is 16.8. The van der Waals surface area contributed by atoms with Crippen LogP contribution >= 0.6 is 0 Å². The maximum Gasteiger partial charge on any atom is 0.167 e. The Bertz CT molecular complexity index is 3680. The van der Waals surface area contributed by atoms with Crippen molar-refractivity contribution in [1.29, 1.82) is 0 Å². The Balaban J connectivity index is 0.900. The van der Waals surface area contributed by atoms with Gasteiger partial charge in [0.1, 0.15) is 22.3 Å². The second-order valence-corrected chi connectivity index (χ2v) is 23.2. The molecule has 10 aromatic rings. The maximum absolute atomic E-state index is 6.88. The normalized spacial score (nSPS) is 27.4. The largest absolute Gasteiger partial charge is 0.455 e. The van der Waals surface area contributed by atoms with E-state index >= 15 is 0 Å². The fourth-order valence-electron chi connectivity index (χ4n) is 16.8. The summed E-state index contributed by atoms with van der Waals surface area (Å²) in [6, 6.07) is 55.5. The quantitative estimate of drug-likeness (QED) is 0.159. The van der Waals surface area contributed by atoms with Crippen LogP contribution in [0.15, 0.2) is 160 Å². The zero-order valence-corrected chi connectivity index (χ0v) is 39.5. The first-order chi connectivity index (χ1) is 34.5. The lowest BCUT2D eigenvalue weighted by Crippen LogP contribution is -2.48. The third-order valence-electron chi connectivity index (χ3n) is 18.8. The minimum Gasteiger partial charge on any atom is -0.455 e. The van der Waals surface area contributed by atoms with Crippen LogP contribution in [-0.4, -0.2) is 15.0 Å². The molecule has 0 saturated heterocycles. The van der Waals surface area contributed by atoms with Gasteiger partial charge in [-0.15, -0.1) is 0 Å². The molecule has 70 heavy (non-hydrogen) atoms. The molecule has 0 unspecified atom stereocenters. The number of rotatable bonds is 7. The van der Waals surface area contributed by atoms with Crippen LogP contribution in [-0.2, 0) is 10.8 Å². The lowest BCUT2D eigenvalue weighted by molar-refractivity contribution is -0.00523. The van der Waals surface area contributed by atoms with E-state index in [0.717, 1.165) is 102 Å². The summed E-state index contributed by atoms with van der Waals surface area (Å²) < 4.78 is 13.6. The highest BCUT2D eigenvalue weighted by Crippen LogP contribution is 2.63. The molecule has 8 aliphatic rings. The number of para-hydroxylation sites is 3. The van der Waals surface area contributed by atoms with Gasteiger partial charge in [0, 0.05) is 27.1 Å². The second-order valence-electron chi connectivity index (χ2n) is 23.2. The first kappa shape index (κ1) is 39.9. The van der Waals surface area contributed by atoms with Crippen LogP contribution in [0, 0.1) is 35.5 Å². The monoisotopic (exact) mass is 909 g/mol. The Morgan fingerprint density at radius 3 is 1.49 bits per heavy atom. The number of fused-ring (bicyclic) bond motifs is 6. The van der Waals surface area contributed by atoms with Gasteiger partial charge in [-0.1, -0.05) is 115 Å². The molecular formula is C65H55N3O2. The molecule has 5 heteroatoms. The van der Waals surface area contributed by atoms with Gasteiger partial charge in [-0.25, -0.2) is 15.0 Å². The number of hydrogen-bond acceptors (Lipinski definition) is 5. The van der Waals surface area contributed by atoms with Crippen LogP contribution in [0.1, 0.15) is 88.2 Å². The van der Waals surface area contributed by atoms with E-state index in [2.05, 4.69) is 140 Å². The molecule has 18 rings (SSSR count). The second kappa shape index (κ2) is 14.8. The summed E-state index contributed by atoms with van der Waals surface area (Å²) in [5.74, 6) is 7.04. The SMILES string of the molecule is c1ccc(-c2cc(-c3nc(-c4cccc5c4oc4ccccc45)nc(-c4cc(-c5ccc(C67CC8CC(CC(C8)C6)C7)cc5)cc5c4oc4ccccc45)n3)ccc2C23CC4CC(CC(C4)C2)C3)cc1. The van der Waals surface area contributed by atoms with E-state index in [1.165, 1.54) is 99.3 Å². The molecule has 0 spiro atoms. The number of benzene rings is 7. The van der Waals surface area contributed by atoms with Crippen molar-refractivity contribution in [2.75, 3.05) is 0 Å². The smallest absolute Gasteiger partial charge is 0.167 e. The van der Waals surface area contributed by atoms with E-state index in [1.807, 2.05) is 12.1 Å². The summed E-state index contributed by atoms with van der Waals surface area (Å²) in [6.45, 7) is 0. The topological polar surface area (TPSA) is 65.0 Å².